The second-order valence-corrected chi connectivity index (χ2v) is 4.54. The fraction of sp³-hybridized carbons (Fsp3) is 0.133. The van der Waals surface area contributed by atoms with Gasteiger partial charge < -0.3 is 5.73 Å². The van der Waals surface area contributed by atoms with Crippen LogP contribution in [0.3, 0.4) is 0 Å². The number of rotatable bonds is 3. The molecule has 3 aromatic rings. The van der Waals surface area contributed by atoms with Crippen LogP contribution in [0.15, 0.2) is 42.5 Å². The molecule has 1 aromatic heterocycles. The van der Waals surface area contributed by atoms with Crippen molar-refractivity contribution in [1.29, 1.82) is 0 Å². The lowest BCUT2D eigenvalue weighted by Gasteiger charge is -2.05. The van der Waals surface area contributed by atoms with E-state index >= 15 is 0 Å². The monoisotopic (exact) mass is 273 g/mol. The number of hydrogen-bond acceptors (Lipinski definition) is 2. The van der Waals surface area contributed by atoms with E-state index in [1.54, 1.807) is 10.7 Å². The second kappa shape index (κ2) is 5.02. The molecule has 3 rings (SSSR count). The van der Waals surface area contributed by atoms with Gasteiger partial charge in [-0.25, -0.2) is 8.78 Å². The van der Waals surface area contributed by atoms with Gasteiger partial charge in [0, 0.05) is 17.5 Å². The summed E-state index contributed by atoms with van der Waals surface area (Å²) in [6.07, 6.45) is 0. The Morgan fingerprint density at radius 1 is 1.05 bits per heavy atom. The average Bonchev–Trinajstić information content (AvgIpc) is 2.82. The van der Waals surface area contributed by atoms with Gasteiger partial charge >= 0.3 is 0 Å². The Morgan fingerprint density at radius 3 is 2.65 bits per heavy atom. The average molecular weight is 273 g/mol. The van der Waals surface area contributed by atoms with E-state index in [1.165, 1.54) is 6.07 Å². The lowest BCUT2D eigenvalue weighted by atomic mass is 10.2. The van der Waals surface area contributed by atoms with E-state index in [0.29, 0.717) is 6.54 Å². The highest BCUT2D eigenvalue weighted by Gasteiger charge is 2.12. The van der Waals surface area contributed by atoms with Crippen LogP contribution in [0.1, 0.15) is 11.3 Å². The maximum absolute atomic E-state index is 13.7. The summed E-state index contributed by atoms with van der Waals surface area (Å²) in [6, 6.07) is 11.7. The Balaban J connectivity index is 2.09. The maximum Gasteiger partial charge on any atom is 0.163 e. The first-order valence-electron chi connectivity index (χ1n) is 6.28. The predicted octanol–water partition coefficient (Wildman–Crippen LogP) is 2.82. The number of benzene rings is 2. The molecule has 2 aromatic carbocycles. The molecular weight excluding hydrogens is 260 g/mol. The molecular formula is C15H13F2N3. The molecule has 0 saturated heterocycles. The van der Waals surface area contributed by atoms with Gasteiger partial charge in [-0.3, -0.25) is 4.68 Å². The Labute approximate surface area is 114 Å². The molecule has 0 radical (unpaired) electrons. The molecule has 0 fully saturated rings. The van der Waals surface area contributed by atoms with Crippen LogP contribution < -0.4 is 5.73 Å². The molecule has 0 aliphatic heterocycles. The van der Waals surface area contributed by atoms with E-state index in [-0.39, 0.29) is 12.1 Å². The van der Waals surface area contributed by atoms with Crippen LogP contribution in [-0.2, 0) is 13.1 Å². The normalized spacial score (nSPS) is 11.2. The standard InChI is InChI=1S/C15H13F2N3/c16-12-6-3-4-10(15(12)17)9-20-14-7-2-1-5-11(14)13(8-18)19-20/h1-7H,8-9,18H2. The number of fused-ring (bicyclic) bond motifs is 1. The largest absolute Gasteiger partial charge is 0.325 e. The zero-order chi connectivity index (χ0) is 14.1. The first-order valence-corrected chi connectivity index (χ1v) is 6.28. The van der Waals surface area contributed by atoms with Crippen LogP contribution >= 0.6 is 0 Å². The Kier molecular flexibility index (Phi) is 3.20. The second-order valence-electron chi connectivity index (χ2n) is 4.54. The fourth-order valence-electron chi connectivity index (χ4n) is 2.30. The van der Waals surface area contributed by atoms with E-state index < -0.39 is 11.6 Å². The Morgan fingerprint density at radius 2 is 1.85 bits per heavy atom. The third kappa shape index (κ3) is 2.06. The molecule has 0 aliphatic carbocycles. The van der Waals surface area contributed by atoms with Gasteiger partial charge in [-0.2, -0.15) is 5.10 Å². The van der Waals surface area contributed by atoms with E-state index in [0.717, 1.165) is 22.7 Å². The van der Waals surface area contributed by atoms with Gasteiger partial charge in [-0.1, -0.05) is 30.3 Å². The van der Waals surface area contributed by atoms with Gasteiger partial charge in [0.1, 0.15) is 0 Å². The summed E-state index contributed by atoms with van der Waals surface area (Å²) < 4.78 is 28.6. The quantitative estimate of drug-likeness (QED) is 0.797. The molecule has 1 heterocycles. The topological polar surface area (TPSA) is 43.8 Å². The van der Waals surface area contributed by atoms with Gasteiger partial charge in [-0.15, -0.1) is 0 Å². The maximum atomic E-state index is 13.7. The molecule has 20 heavy (non-hydrogen) atoms. The summed E-state index contributed by atoms with van der Waals surface area (Å²) in [5.41, 5.74) is 7.54. The number of nitrogens with zero attached hydrogens (tertiary/aromatic N) is 2. The van der Waals surface area contributed by atoms with Gasteiger partial charge in [0.15, 0.2) is 11.6 Å². The molecule has 2 N–H and O–H groups in total. The Hall–Kier alpha value is -2.27. The van der Waals surface area contributed by atoms with Crippen molar-refractivity contribution in [2.24, 2.45) is 5.73 Å². The SMILES string of the molecule is NCc1nn(Cc2cccc(F)c2F)c2ccccc12. The van der Waals surface area contributed by atoms with E-state index in [9.17, 15) is 8.78 Å². The van der Waals surface area contributed by atoms with Crippen molar-refractivity contribution in [2.75, 3.05) is 0 Å². The van der Waals surface area contributed by atoms with E-state index in [4.69, 9.17) is 5.73 Å². The van der Waals surface area contributed by atoms with Gasteiger partial charge in [0.2, 0.25) is 0 Å². The smallest absolute Gasteiger partial charge is 0.163 e. The number of halogens is 2. The van der Waals surface area contributed by atoms with Crippen molar-refractivity contribution >= 4 is 10.9 Å². The van der Waals surface area contributed by atoms with Crippen molar-refractivity contribution in [3.05, 3.63) is 65.4 Å². The van der Waals surface area contributed by atoms with Crippen LogP contribution in [0.4, 0.5) is 8.78 Å². The number of aromatic nitrogens is 2. The lowest BCUT2D eigenvalue weighted by Crippen LogP contribution is -2.06. The molecule has 0 bridgehead atoms. The molecule has 0 saturated carbocycles. The molecule has 0 unspecified atom stereocenters. The summed E-state index contributed by atoms with van der Waals surface area (Å²) in [5.74, 6) is -1.68. The van der Waals surface area contributed by atoms with Crippen LogP contribution in [-0.4, -0.2) is 9.78 Å². The van der Waals surface area contributed by atoms with Crippen molar-refractivity contribution in [3.8, 4) is 0 Å². The van der Waals surface area contributed by atoms with Gasteiger partial charge in [-0.05, 0) is 12.1 Å². The first-order chi connectivity index (χ1) is 9.70. The van der Waals surface area contributed by atoms with Crippen LogP contribution in [0.2, 0.25) is 0 Å². The van der Waals surface area contributed by atoms with Crippen LogP contribution in [0.25, 0.3) is 10.9 Å². The summed E-state index contributed by atoms with van der Waals surface area (Å²) in [7, 11) is 0. The lowest BCUT2D eigenvalue weighted by molar-refractivity contribution is 0.493. The zero-order valence-electron chi connectivity index (χ0n) is 10.7. The summed E-state index contributed by atoms with van der Waals surface area (Å²) >= 11 is 0. The minimum atomic E-state index is -0.849. The van der Waals surface area contributed by atoms with Gasteiger partial charge in [0.25, 0.3) is 0 Å². The molecule has 0 spiro atoms. The molecule has 0 aliphatic rings. The highest BCUT2D eigenvalue weighted by molar-refractivity contribution is 5.82. The summed E-state index contributed by atoms with van der Waals surface area (Å²) in [4.78, 5) is 0. The third-order valence-electron chi connectivity index (χ3n) is 3.28. The van der Waals surface area contributed by atoms with E-state index in [2.05, 4.69) is 5.10 Å². The molecule has 0 atom stereocenters. The van der Waals surface area contributed by atoms with Crippen molar-refractivity contribution < 1.29 is 8.78 Å². The zero-order valence-corrected chi connectivity index (χ0v) is 10.7. The van der Waals surface area contributed by atoms with Crippen molar-refractivity contribution in [1.82, 2.24) is 9.78 Å². The highest BCUT2D eigenvalue weighted by Crippen LogP contribution is 2.20. The van der Waals surface area contributed by atoms with Crippen molar-refractivity contribution in [3.63, 3.8) is 0 Å². The molecule has 0 amide bonds. The molecule has 102 valence electrons. The number of nitrogens with two attached hydrogens (primary N) is 1. The minimum absolute atomic E-state index is 0.171. The van der Waals surface area contributed by atoms with E-state index in [1.807, 2.05) is 24.3 Å². The van der Waals surface area contributed by atoms with Crippen LogP contribution in [0, 0.1) is 11.6 Å². The fourth-order valence-corrected chi connectivity index (χ4v) is 2.30. The minimum Gasteiger partial charge on any atom is -0.325 e. The number of hydrogen-bond donors (Lipinski definition) is 1. The molecule has 3 nitrogen and oxygen atoms in total. The van der Waals surface area contributed by atoms with Crippen LogP contribution in [0.5, 0.6) is 0 Å². The highest BCUT2D eigenvalue weighted by atomic mass is 19.2. The third-order valence-corrected chi connectivity index (χ3v) is 3.28. The summed E-state index contributed by atoms with van der Waals surface area (Å²) in [5, 5.41) is 5.31. The van der Waals surface area contributed by atoms with Gasteiger partial charge in [0.05, 0.1) is 17.8 Å². The predicted molar refractivity (Wildman–Crippen MR) is 73.1 cm³/mol. The Bertz CT molecular complexity index is 765. The summed E-state index contributed by atoms with van der Waals surface area (Å²) in [6.45, 7) is 0.475. The molecule has 5 heteroatoms. The van der Waals surface area contributed by atoms with Crippen molar-refractivity contribution in [2.45, 2.75) is 13.1 Å². The number of para-hydroxylation sites is 1. The first kappa shape index (κ1) is 12.7.